The van der Waals surface area contributed by atoms with E-state index in [1.54, 1.807) is 0 Å². The summed E-state index contributed by atoms with van der Waals surface area (Å²) in [6.45, 7) is 61.5. The lowest BCUT2D eigenvalue weighted by Gasteiger charge is -2.45. The molecule has 0 N–H and O–H groups in total. The van der Waals surface area contributed by atoms with Crippen molar-refractivity contribution in [2.24, 2.45) is 146 Å². The molecule has 0 nitrogen and oxygen atoms in total. The van der Waals surface area contributed by atoms with Gasteiger partial charge < -0.3 is 0 Å². The second-order valence-electron chi connectivity index (χ2n) is 32.8. The van der Waals surface area contributed by atoms with Gasteiger partial charge in [-0.05, 0) is 223 Å². The predicted molar refractivity (Wildman–Crippen MR) is 333 cm³/mol. The third-order valence-electron chi connectivity index (χ3n) is 24.8. The maximum absolute atomic E-state index is 2.48. The maximum atomic E-state index is 2.48. The van der Waals surface area contributed by atoms with Crippen molar-refractivity contribution in [3.63, 3.8) is 0 Å². The summed E-state index contributed by atoms with van der Waals surface area (Å²) >= 11 is 0. The fraction of sp³-hybridized carbons (Fsp3) is 1.00. The normalized spacial score (nSPS) is 42.0. The van der Waals surface area contributed by atoms with Crippen molar-refractivity contribution >= 4 is 0 Å². The van der Waals surface area contributed by atoms with E-state index in [1.165, 1.54) is 141 Å². The van der Waals surface area contributed by atoms with Crippen molar-refractivity contribution in [1.29, 1.82) is 0 Å². The van der Waals surface area contributed by atoms with Crippen molar-refractivity contribution in [3.8, 4) is 0 Å². The van der Waals surface area contributed by atoms with E-state index in [9.17, 15) is 0 Å². The number of hydrogen-bond acceptors (Lipinski definition) is 0. The Morgan fingerprint density at radius 1 is 0.411 bits per heavy atom. The van der Waals surface area contributed by atoms with Crippen LogP contribution >= 0.6 is 0 Å². The Balaban J connectivity index is 0.000000281. The zero-order valence-electron chi connectivity index (χ0n) is 55.8. The second-order valence-corrected chi connectivity index (χ2v) is 32.8. The monoisotopic (exact) mass is 1020 g/mol. The van der Waals surface area contributed by atoms with Crippen LogP contribution in [0.25, 0.3) is 0 Å². The predicted octanol–water partition coefficient (Wildman–Crippen LogP) is 24.6. The Kier molecular flexibility index (Phi) is 30.6. The smallest absolute Gasteiger partial charge is 0.0297 e. The van der Waals surface area contributed by atoms with Crippen molar-refractivity contribution in [1.82, 2.24) is 0 Å². The summed E-state index contributed by atoms with van der Waals surface area (Å²) in [5.41, 5.74) is 2.03. The minimum Gasteiger partial charge on any atom is -0.0651 e. The Labute approximate surface area is 465 Å². The van der Waals surface area contributed by atoms with Gasteiger partial charge in [0.1, 0.15) is 0 Å². The summed E-state index contributed by atoms with van der Waals surface area (Å²) < 4.78 is 0. The molecule has 0 radical (unpaired) electrons. The largest absolute Gasteiger partial charge is 0.0651 e. The molecule has 0 aliphatic heterocycles. The fourth-order valence-electron chi connectivity index (χ4n) is 15.6. The number of rotatable bonds is 3. The molecule has 0 heteroatoms. The molecule has 0 aromatic heterocycles. The summed E-state index contributed by atoms with van der Waals surface area (Å²) in [5.74, 6) is 22.1. The highest BCUT2D eigenvalue weighted by molar-refractivity contribution is 4.97. The van der Waals surface area contributed by atoms with Gasteiger partial charge in [-0.25, -0.2) is 0 Å². The molecular weight excluding hydrogens is 877 g/mol. The topological polar surface area (TPSA) is 0 Å². The van der Waals surface area contributed by atoms with Gasteiger partial charge in [0.05, 0.1) is 0 Å². The SMILES string of the molecule is CC(C)(C)C1CCC1.CC1C(C)C(C)C1C.CC1CC(C(C)C)C1.CC1CC(C)[C@@H](C)C1.CC1CCC(C)(C)C1.CC1CCC(C)C1C.CC1CCC(C)C1C.CCC(C)C1CCC1.C[C@H]1CC2CCC1(C)C2. The van der Waals surface area contributed by atoms with Crippen LogP contribution in [-0.2, 0) is 0 Å². The average molecular weight is 1020 g/mol. The van der Waals surface area contributed by atoms with Gasteiger partial charge in [-0.2, -0.15) is 0 Å². The molecule has 0 spiro atoms. The van der Waals surface area contributed by atoms with Gasteiger partial charge in [-0.1, -0.05) is 244 Å². The third kappa shape index (κ3) is 23.7. The summed E-state index contributed by atoms with van der Waals surface area (Å²) in [6, 6.07) is 0. The Morgan fingerprint density at radius 3 is 0.932 bits per heavy atom. The summed E-state index contributed by atoms with van der Waals surface area (Å²) in [4.78, 5) is 0. The minimum absolute atomic E-state index is 0.595. The van der Waals surface area contributed by atoms with Crippen LogP contribution in [0.15, 0.2) is 0 Å². The van der Waals surface area contributed by atoms with Crippen molar-refractivity contribution < 1.29 is 0 Å². The van der Waals surface area contributed by atoms with Gasteiger partial charge in [0.2, 0.25) is 0 Å². The van der Waals surface area contributed by atoms with E-state index in [4.69, 9.17) is 0 Å². The Morgan fingerprint density at radius 2 is 0.822 bits per heavy atom. The van der Waals surface area contributed by atoms with E-state index in [-0.39, 0.29) is 0 Å². The van der Waals surface area contributed by atoms with Crippen LogP contribution in [0.5, 0.6) is 0 Å². The highest BCUT2D eigenvalue weighted by Gasteiger charge is 2.46. The molecule has 0 saturated heterocycles. The molecule has 0 aromatic carbocycles. The van der Waals surface area contributed by atoms with E-state index in [0.717, 1.165) is 136 Å². The van der Waals surface area contributed by atoms with Gasteiger partial charge in [0, 0.05) is 0 Å². The first-order valence-corrected chi connectivity index (χ1v) is 33.7. The van der Waals surface area contributed by atoms with E-state index >= 15 is 0 Å². The number of hydrogen-bond donors (Lipinski definition) is 0. The molecule has 73 heavy (non-hydrogen) atoms. The summed E-state index contributed by atoms with van der Waals surface area (Å²) in [5, 5.41) is 0. The molecule has 2 bridgehead atoms. The summed E-state index contributed by atoms with van der Waals surface area (Å²) in [7, 11) is 0. The van der Waals surface area contributed by atoms with E-state index in [2.05, 4.69) is 180 Å². The molecule has 0 amide bonds. The summed E-state index contributed by atoms with van der Waals surface area (Å²) in [6.07, 6.45) is 32.5. The molecule has 10 aliphatic carbocycles. The van der Waals surface area contributed by atoms with E-state index in [0.29, 0.717) is 10.8 Å². The van der Waals surface area contributed by atoms with Gasteiger partial charge in [-0.15, -0.1) is 0 Å². The Hall–Kier alpha value is 0. The van der Waals surface area contributed by atoms with Crippen molar-refractivity contribution in [2.45, 2.75) is 321 Å². The minimum atomic E-state index is 0.595. The molecule has 436 valence electrons. The van der Waals surface area contributed by atoms with Crippen LogP contribution in [0.2, 0.25) is 0 Å². The first-order chi connectivity index (χ1) is 33.7. The average Bonchev–Trinajstić information content (AvgIpc) is 4.10. The molecule has 10 unspecified atom stereocenters. The second kappa shape index (κ2) is 32.3. The van der Waals surface area contributed by atoms with Crippen LogP contribution in [-0.4, -0.2) is 0 Å². The molecule has 10 rings (SSSR count). The third-order valence-corrected chi connectivity index (χ3v) is 24.8. The lowest BCUT2D eigenvalue weighted by Crippen LogP contribution is -2.39. The van der Waals surface area contributed by atoms with Gasteiger partial charge in [0.15, 0.2) is 0 Å². The van der Waals surface area contributed by atoms with E-state index in [1.807, 2.05) is 0 Å². The van der Waals surface area contributed by atoms with Crippen LogP contribution in [0.1, 0.15) is 321 Å². The molecule has 10 aliphatic rings. The van der Waals surface area contributed by atoms with Crippen LogP contribution in [0.4, 0.5) is 0 Å². The lowest BCUT2D eigenvalue weighted by atomic mass is 9.60. The standard InChI is InChI=1S/C9H16.8C8H16/c1-7-5-8-3-4-9(7,2)6-8;1-6-4-7(2)8(3)5-6;1-6(2)8-4-7(3)5-8;1-7-4-5-8(2,3)6-7;1-8(2,3)7-5-4-6-7;2*1-6-4-5-7(2)8(6)3;1-5-6(2)8(4)7(5)3;1-3-7(2)8-5-4-6-8/h7-8H,3-6H2,1-2H3;2*6-8H,4-5H2,1-3H3;2*7H,4-6H2,1-3H3;2*6-8H,4-5H2,1-3H3;5-8H,1-4H3;7-8H,3-6H2,1-2H3/t7-,8?,9?;6?,7-,8?;;;;;;;/m00......./s1. The van der Waals surface area contributed by atoms with Gasteiger partial charge in [-0.3, -0.25) is 0 Å². The fourth-order valence-corrected chi connectivity index (χ4v) is 15.6. The van der Waals surface area contributed by atoms with E-state index < -0.39 is 0 Å². The zero-order valence-corrected chi connectivity index (χ0v) is 55.8. The quantitative estimate of drug-likeness (QED) is 0.264. The molecule has 12 atom stereocenters. The zero-order chi connectivity index (χ0) is 55.8. The maximum Gasteiger partial charge on any atom is -0.0297 e. The van der Waals surface area contributed by atoms with Crippen molar-refractivity contribution in [3.05, 3.63) is 0 Å². The first kappa shape index (κ1) is 69.1. The van der Waals surface area contributed by atoms with Crippen LogP contribution in [0.3, 0.4) is 0 Å². The Bertz CT molecular complexity index is 1290. The molecule has 10 fully saturated rings. The van der Waals surface area contributed by atoms with Crippen LogP contribution in [0, 0.1) is 146 Å². The van der Waals surface area contributed by atoms with Gasteiger partial charge in [0.25, 0.3) is 0 Å². The highest BCUT2D eigenvalue weighted by atomic mass is 14.5. The lowest BCUT2D eigenvalue weighted by molar-refractivity contribution is 0.0302. The molecular formula is C73H144. The molecule has 10 saturated carbocycles. The highest BCUT2D eigenvalue weighted by Crippen LogP contribution is 2.57. The van der Waals surface area contributed by atoms with Crippen LogP contribution < -0.4 is 0 Å². The first-order valence-electron chi connectivity index (χ1n) is 33.7. The molecule has 0 aromatic rings. The number of fused-ring (bicyclic) bond motifs is 2. The van der Waals surface area contributed by atoms with Crippen molar-refractivity contribution in [2.75, 3.05) is 0 Å². The van der Waals surface area contributed by atoms with Gasteiger partial charge >= 0.3 is 0 Å². The molecule has 0 heterocycles.